The van der Waals surface area contributed by atoms with Gasteiger partial charge in [0.15, 0.2) is 0 Å². The summed E-state index contributed by atoms with van der Waals surface area (Å²) in [6.45, 7) is 2.83. The van der Waals surface area contributed by atoms with Crippen LogP contribution in [-0.4, -0.2) is 55.4 Å². The molecule has 0 spiro atoms. The predicted molar refractivity (Wildman–Crippen MR) is 70.5 cm³/mol. The van der Waals surface area contributed by atoms with E-state index in [-0.39, 0.29) is 11.7 Å². The fourth-order valence-corrected chi connectivity index (χ4v) is 1.96. The zero-order chi connectivity index (χ0) is 13.8. The van der Waals surface area contributed by atoms with E-state index in [1.165, 1.54) is 12.1 Å². The van der Waals surface area contributed by atoms with Gasteiger partial charge in [-0.2, -0.15) is 0 Å². The van der Waals surface area contributed by atoms with Gasteiger partial charge in [0.2, 0.25) is 0 Å². The van der Waals surface area contributed by atoms with Crippen LogP contribution in [-0.2, 0) is 4.74 Å². The van der Waals surface area contributed by atoms with Crippen LogP contribution in [0.4, 0.5) is 5.69 Å². The number of nitrogens with two attached hydrogens (primary N) is 1. The van der Waals surface area contributed by atoms with Crippen molar-refractivity contribution in [2.45, 2.75) is 6.10 Å². The van der Waals surface area contributed by atoms with E-state index < -0.39 is 5.97 Å². The first-order chi connectivity index (χ1) is 9.06. The topological polar surface area (TPSA) is 85.0 Å². The molecule has 1 saturated heterocycles. The van der Waals surface area contributed by atoms with E-state index in [1.54, 1.807) is 6.07 Å². The Balaban J connectivity index is 1.94. The first-order valence-electron chi connectivity index (χ1n) is 6.12. The number of nitrogens with zero attached hydrogens (tertiary/aromatic N) is 1. The summed E-state index contributed by atoms with van der Waals surface area (Å²) in [7, 11) is 2.03. The second-order valence-corrected chi connectivity index (χ2v) is 4.62. The number of ether oxygens (including phenoxy) is 2. The van der Waals surface area contributed by atoms with Gasteiger partial charge in [0.05, 0.1) is 17.9 Å². The smallest absolute Gasteiger partial charge is 0.335 e. The third-order valence-electron chi connectivity index (χ3n) is 3.02. The number of carboxylic acid groups (broad SMARTS) is 1. The maximum atomic E-state index is 10.8. The van der Waals surface area contributed by atoms with Crippen molar-refractivity contribution in [1.82, 2.24) is 4.90 Å². The second-order valence-electron chi connectivity index (χ2n) is 4.62. The lowest BCUT2D eigenvalue weighted by atomic mass is 10.2. The van der Waals surface area contributed by atoms with Gasteiger partial charge >= 0.3 is 5.97 Å². The highest BCUT2D eigenvalue weighted by Crippen LogP contribution is 2.23. The molecule has 1 fully saturated rings. The Morgan fingerprint density at radius 3 is 3.05 bits per heavy atom. The van der Waals surface area contributed by atoms with E-state index in [0.29, 0.717) is 24.7 Å². The number of carboxylic acids is 1. The predicted octanol–water partition coefficient (Wildman–Crippen LogP) is 0.676. The molecule has 0 aliphatic carbocycles. The molecule has 0 radical (unpaired) electrons. The van der Waals surface area contributed by atoms with Crippen LogP contribution < -0.4 is 10.5 Å². The van der Waals surface area contributed by atoms with Gasteiger partial charge < -0.3 is 25.2 Å². The summed E-state index contributed by atoms with van der Waals surface area (Å²) in [6.07, 6.45) is 0.0114. The van der Waals surface area contributed by atoms with Crippen molar-refractivity contribution in [3.63, 3.8) is 0 Å². The van der Waals surface area contributed by atoms with Gasteiger partial charge in [0.1, 0.15) is 18.5 Å². The number of likely N-dealkylation sites (N-methyl/N-ethyl adjacent to an activating group) is 1. The number of anilines is 1. The second kappa shape index (κ2) is 5.90. The van der Waals surface area contributed by atoms with E-state index >= 15 is 0 Å². The summed E-state index contributed by atoms with van der Waals surface area (Å²) in [5.74, 6) is -0.516. The maximum Gasteiger partial charge on any atom is 0.335 e. The number of rotatable bonds is 4. The zero-order valence-electron chi connectivity index (χ0n) is 10.8. The standard InChI is InChI=1S/C13H18N2O4/c1-15-4-5-18-10(7-15)8-19-12-3-2-9(13(16)17)6-11(12)14/h2-3,6,10H,4-5,7-8,14H2,1H3,(H,16,17). The summed E-state index contributed by atoms with van der Waals surface area (Å²) in [4.78, 5) is 13.0. The maximum absolute atomic E-state index is 10.8. The Labute approximate surface area is 111 Å². The fraction of sp³-hybridized carbons (Fsp3) is 0.462. The van der Waals surface area contributed by atoms with Crippen LogP contribution in [0.15, 0.2) is 18.2 Å². The Morgan fingerprint density at radius 2 is 2.42 bits per heavy atom. The van der Waals surface area contributed by atoms with Crippen LogP contribution in [0.25, 0.3) is 0 Å². The number of hydrogen-bond donors (Lipinski definition) is 2. The van der Waals surface area contributed by atoms with Gasteiger partial charge in [0, 0.05) is 13.1 Å². The Morgan fingerprint density at radius 1 is 1.63 bits per heavy atom. The molecule has 6 heteroatoms. The summed E-state index contributed by atoms with van der Waals surface area (Å²) in [5, 5.41) is 8.84. The molecule has 0 bridgehead atoms. The third-order valence-corrected chi connectivity index (χ3v) is 3.02. The quantitative estimate of drug-likeness (QED) is 0.779. The molecule has 19 heavy (non-hydrogen) atoms. The van der Waals surface area contributed by atoms with E-state index in [9.17, 15) is 4.79 Å². The van der Waals surface area contributed by atoms with Crippen molar-refractivity contribution >= 4 is 11.7 Å². The summed E-state index contributed by atoms with van der Waals surface area (Å²) in [5.41, 5.74) is 6.24. The Hall–Kier alpha value is -1.79. The number of morpholine rings is 1. The SMILES string of the molecule is CN1CCOC(COc2ccc(C(=O)O)cc2N)C1. The minimum Gasteiger partial charge on any atom is -0.489 e. The summed E-state index contributed by atoms with van der Waals surface area (Å²) in [6, 6.07) is 4.44. The van der Waals surface area contributed by atoms with E-state index in [2.05, 4.69) is 4.90 Å². The van der Waals surface area contributed by atoms with Crippen LogP contribution in [0, 0.1) is 0 Å². The molecule has 1 aliphatic heterocycles. The van der Waals surface area contributed by atoms with Crippen molar-refractivity contribution in [2.75, 3.05) is 39.1 Å². The van der Waals surface area contributed by atoms with Gasteiger partial charge in [0.25, 0.3) is 0 Å². The first-order valence-corrected chi connectivity index (χ1v) is 6.12. The molecule has 0 aromatic heterocycles. The van der Waals surface area contributed by atoms with Crippen LogP contribution >= 0.6 is 0 Å². The van der Waals surface area contributed by atoms with Gasteiger partial charge in [-0.3, -0.25) is 0 Å². The molecule has 1 atom stereocenters. The molecule has 1 unspecified atom stereocenters. The molecular weight excluding hydrogens is 248 g/mol. The minimum absolute atomic E-state index is 0.0114. The number of carbonyl (C=O) groups is 1. The molecule has 104 valence electrons. The molecule has 3 N–H and O–H groups in total. The summed E-state index contributed by atoms with van der Waals surface area (Å²) >= 11 is 0. The van der Waals surface area contributed by atoms with Crippen molar-refractivity contribution in [3.8, 4) is 5.75 Å². The van der Waals surface area contributed by atoms with E-state index in [1.807, 2.05) is 7.05 Å². The normalized spacial score (nSPS) is 20.2. The van der Waals surface area contributed by atoms with Gasteiger partial charge in [-0.05, 0) is 25.2 Å². The van der Waals surface area contributed by atoms with Crippen LogP contribution in [0.3, 0.4) is 0 Å². The lowest BCUT2D eigenvalue weighted by Gasteiger charge is -2.29. The number of benzene rings is 1. The average molecular weight is 266 g/mol. The van der Waals surface area contributed by atoms with Gasteiger partial charge in [-0.15, -0.1) is 0 Å². The van der Waals surface area contributed by atoms with Crippen molar-refractivity contribution < 1.29 is 19.4 Å². The molecule has 2 rings (SSSR count). The molecule has 1 aromatic carbocycles. The molecule has 1 aliphatic rings. The summed E-state index contributed by atoms with van der Waals surface area (Å²) < 4.78 is 11.2. The van der Waals surface area contributed by atoms with Gasteiger partial charge in [-0.1, -0.05) is 0 Å². The molecule has 1 aromatic rings. The monoisotopic (exact) mass is 266 g/mol. The number of hydrogen-bond acceptors (Lipinski definition) is 5. The number of nitrogen functional groups attached to an aromatic ring is 1. The van der Waals surface area contributed by atoms with Crippen molar-refractivity contribution in [3.05, 3.63) is 23.8 Å². The third kappa shape index (κ3) is 3.59. The number of aromatic carboxylic acids is 1. The van der Waals surface area contributed by atoms with E-state index in [0.717, 1.165) is 13.1 Å². The zero-order valence-corrected chi connectivity index (χ0v) is 10.8. The van der Waals surface area contributed by atoms with Crippen molar-refractivity contribution in [2.24, 2.45) is 0 Å². The molecule has 1 heterocycles. The van der Waals surface area contributed by atoms with Crippen LogP contribution in [0.2, 0.25) is 0 Å². The van der Waals surface area contributed by atoms with Gasteiger partial charge in [-0.25, -0.2) is 4.79 Å². The highest BCUT2D eigenvalue weighted by Gasteiger charge is 2.18. The largest absolute Gasteiger partial charge is 0.489 e. The van der Waals surface area contributed by atoms with E-state index in [4.69, 9.17) is 20.3 Å². The fourth-order valence-electron chi connectivity index (χ4n) is 1.96. The highest BCUT2D eigenvalue weighted by atomic mass is 16.5. The first kappa shape index (κ1) is 13.6. The lowest BCUT2D eigenvalue weighted by molar-refractivity contribution is -0.0402. The molecule has 6 nitrogen and oxygen atoms in total. The highest BCUT2D eigenvalue weighted by molar-refractivity contribution is 5.89. The molecule has 0 saturated carbocycles. The van der Waals surface area contributed by atoms with Crippen molar-refractivity contribution in [1.29, 1.82) is 0 Å². The van der Waals surface area contributed by atoms with Crippen LogP contribution in [0.5, 0.6) is 5.75 Å². The lowest BCUT2D eigenvalue weighted by Crippen LogP contribution is -2.42. The van der Waals surface area contributed by atoms with Crippen LogP contribution in [0.1, 0.15) is 10.4 Å². The Bertz CT molecular complexity index is 464. The average Bonchev–Trinajstić information content (AvgIpc) is 2.37. The Kier molecular flexibility index (Phi) is 4.24. The molecule has 0 amide bonds. The molecular formula is C13H18N2O4. The minimum atomic E-state index is -1.00.